The largest absolute Gasteiger partial charge is 0.382 e. The zero-order valence-corrected chi connectivity index (χ0v) is 14.5. The molecule has 120 valence electrons. The first kappa shape index (κ1) is 18.6. The van der Waals surface area contributed by atoms with Crippen LogP contribution in [-0.4, -0.2) is 46.6 Å². The van der Waals surface area contributed by atoms with E-state index in [4.69, 9.17) is 14.2 Å². The zero-order valence-electron chi connectivity index (χ0n) is 12.9. The van der Waals surface area contributed by atoms with Crippen molar-refractivity contribution >= 4 is 15.9 Å². The Hall–Kier alpha value is -0.460. The van der Waals surface area contributed by atoms with E-state index in [0.717, 1.165) is 24.0 Å². The van der Waals surface area contributed by atoms with Crippen molar-refractivity contribution < 1.29 is 14.2 Å². The Morgan fingerprint density at radius 2 is 2.05 bits per heavy atom. The first-order chi connectivity index (χ1) is 10.3. The second-order valence-electron chi connectivity index (χ2n) is 4.68. The molecule has 0 radical (unpaired) electrons. The quantitative estimate of drug-likeness (QED) is 0.582. The van der Waals surface area contributed by atoms with Gasteiger partial charge in [0.25, 0.3) is 0 Å². The summed E-state index contributed by atoms with van der Waals surface area (Å²) in [5.74, 6) is 0. The van der Waals surface area contributed by atoms with E-state index >= 15 is 0 Å². The number of hydrogen-bond acceptors (Lipinski definition) is 4. The average molecular weight is 360 g/mol. The molecule has 0 aliphatic heterocycles. The van der Waals surface area contributed by atoms with Gasteiger partial charge in [0.05, 0.1) is 19.3 Å². The van der Waals surface area contributed by atoms with Crippen LogP contribution < -0.4 is 5.32 Å². The van der Waals surface area contributed by atoms with Crippen LogP contribution in [0.5, 0.6) is 0 Å². The highest BCUT2D eigenvalue weighted by atomic mass is 79.9. The number of hydrogen-bond donors (Lipinski definition) is 1. The van der Waals surface area contributed by atoms with E-state index in [1.807, 2.05) is 12.1 Å². The third kappa shape index (κ3) is 8.53. The Balaban J connectivity index is 2.33. The smallest absolute Gasteiger partial charge is 0.0949 e. The number of methoxy groups -OCH3 is 1. The normalized spacial score (nSPS) is 12.5. The maximum Gasteiger partial charge on any atom is 0.0949 e. The molecule has 0 heterocycles. The fourth-order valence-electron chi connectivity index (χ4n) is 1.89. The summed E-state index contributed by atoms with van der Waals surface area (Å²) in [6, 6.07) is 8.27. The van der Waals surface area contributed by atoms with Crippen molar-refractivity contribution in [1.82, 2.24) is 5.32 Å². The molecule has 1 N–H and O–H groups in total. The van der Waals surface area contributed by atoms with E-state index in [9.17, 15) is 0 Å². The lowest BCUT2D eigenvalue weighted by Crippen LogP contribution is -2.23. The molecule has 1 unspecified atom stereocenters. The number of nitrogens with one attached hydrogen (secondary N) is 1. The van der Waals surface area contributed by atoms with E-state index in [1.165, 1.54) is 5.56 Å². The number of likely N-dealkylation sites (N-methyl/N-ethyl adjacent to an activating group) is 1. The van der Waals surface area contributed by atoms with Crippen molar-refractivity contribution in [1.29, 1.82) is 0 Å². The Bertz CT molecular complexity index is 376. The maximum atomic E-state index is 6.00. The number of halogens is 1. The van der Waals surface area contributed by atoms with Crippen LogP contribution in [0.2, 0.25) is 0 Å². The Morgan fingerprint density at radius 3 is 2.76 bits per heavy atom. The predicted molar refractivity (Wildman–Crippen MR) is 88.7 cm³/mol. The molecule has 0 amide bonds. The van der Waals surface area contributed by atoms with Gasteiger partial charge in [-0.3, -0.25) is 0 Å². The molecule has 5 heteroatoms. The standard InChI is InChI=1S/C16H26BrNO3/c1-3-18-13-16(14-6-4-7-15(17)12-14)21-9-5-8-20-11-10-19-2/h4,6-7,12,16,18H,3,5,8-11,13H2,1-2H3. The second-order valence-corrected chi connectivity index (χ2v) is 5.60. The molecule has 0 saturated carbocycles. The molecule has 1 rings (SSSR count). The monoisotopic (exact) mass is 359 g/mol. The number of ether oxygens (including phenoxy) is 3. The molecular formula is C16H26BrNO3. The van der Waals surface area contributed by atoms with Crippen LogP contribution in [0.1, 0.15) is 25.0 Å². The number of benzene rings is 1. The molecule has 0 aliphatic rings. The summed E-state index contributed by atoms with van der Waals surface area (Å²) in [6.45, 7) is 6.53. The van der Waals surface area contributed by atoms with Crippen molar-refractivity contribution in [3.05, 3.63) is 34.3 Å². The van der Waals surface area contributed by atoms with Crippen LogP contribution in [0.3, 0.4) is 0 Å². The maximum absolute atomic E-state index is 6.00. The van der Waals surface area contributed by atoms with Crippen LogP contribution >= 0.6 is 15.9 Å². The first-order valence-corrected chi connectivity index (χ1v) is 8.21. The van der Waals surface area contributed by atoms with Crippen molar-refractivity contribution in [2.75, 3.05) is 46.6 Å². The minimum absolute atomic E-state index is 0.0708. The molecule has 4 nitrogen and oxygen atoms in total. The van der Waals surface area contributed by atoms with Crippen molar-refractivity contribution in [2.24, 2.45) is 0 Å². The van der Waals surface area contributed by atoms with E-state index in [-0.39, 0.29) is 6.10 Å². The fourth-order valence-corrected chi connectivity index (χ4v) is 2.30. The lowest BCUT2D eigenvalue weighted by atomic mass is 10.1. The van der Waals surface area contributed by atoms with Crippen molar-refractivity contribution in [3.8, 4) is 0 Å². The fraction of sp³-hybridized carbons (Fsp3) is 0.625. The number of rotatable bonds is 12. The van der Waals surface area contributed by atoms with Gasteiger partial charge in [0.15, 0.2) is 0 Å². The molecule has 0 fully saturated rings. The minimum Gasteiger partial charge on any atom is -0.382 e. The van der Waals surface area contributed by atoms with Crippen LogP contribution in [0.4, 0.5) is 0 Å². The van der Waals surface area contributed by atoms with Gasteiger partial charge >= 0.3 is 0 Å². The van der Waals surface area contributed by atoms with E-state index < -0.39 is 0 Å². The highest BCUT2D eigenvalue weighted by Gasteiger charge is 2.11. The van der Waals surface area contributed by atoms with Crippen molar-refractivity contribution in [2.45, 2.75) is 19.4 Å². The highest BCUT2D eigenvalue weighted by molar-refractivity contribution is 9.10. The van der Waals surface area contributed by atoms with Crippen LogP contribution in [0, 0.1) is 0 Å². The summed E-state index contributed by atoms with van der Waals surface area (Å²) < 4.78 is 17.4. The summed E-state index contributed by atoms with van der Waals surface area (Å²) in [5, 5.41) is 3.35. The summed E-state index contributed by atoms with van der Waals surface area (Å²) in [4.78, 5) is 0. The lowest BCUT2D eigenvalue weighted by molar-refractivity contribution is 0.0231. The van der Waals surface area contributed by atoms with Gasteiger partial charge in [-0.25, -0.2) is 0 Å². The van der Waals surface area contributed by atoms with Crippen LogP contribution in [0.25, 0.3) is 0 Å². The highest BCUT2D eigenvalue weighted by Crippen LogP contribution is 2.21. The van der Waals surface area contributed by atoms with Gasteiger partial charge < -0.3 is 19.5 Å². The van der Waals surface area contributed by atoms with Gasteiger partial charge in [-0.2, -0.15) is 0 Å². The van der Waals surface area contributed by atoms with E-state index in [0.29, 0.717) is 26.4 Å². The summed E-state index contributed by atoms with van der Waals surface area (Å²) in [5.41, 5.74) is 1.19. The molecular weight excluding hydrogens is 334 g/mol. The zero-order chi connectivity index (χ0) is 15.3. The summed E-state index contributed by atoms with van der Waals surface area (Å²) >= 11 is 3.51. The molecule has 0 spiro atoms. The molecule has 1 atom stereocenters. The molecule has 1 aromatic carbocycles. The molecule has 21 heavy (non-hydrogen) atoms. The van der Waals surface area contributed by atoms with Gasteiger partial charge in [0, 0.05) is 31.3 Å². The Kier molecular flexibility index (Phi) is 10.7. The summed E-state index contributed by atoms with van der Waals surface area (Å²) in [6.07, 6.45) is 0.960. The van der Waals surface area contributed by atoms with Crippen LogP contribution in [0.15, 0.2) is 28.7 Å². The van der Waals surface area contributed by atoms with Gasteiger partial charge in [-0.1, -0.05) is 35.0 Å². The second kappa shape index (κ2) is 12.1. The Labute approximate surface area is 136 Å². The van der Waals surface area contributed by atoms with Gasteiger partial charge in [0.1, 0.15) is 0 Å². The van der Waals surface area contributed by atoms with Gasteiger partial charge in [-0.15, -0.1) is 0 Å². The molecule has 0 aliphatic carbocycles. The third-order valence-electron chi connectivity index (χ3n) is 2.98. The van der Waals surface area contributed by atoms with Gasteiger partial charge in [0.2, 0.25) is 0 Å². The van der Waals surface area contributed by atoms with E-state index in [1.54, 1.807) is 7.11 Å². The third-order valence-corrected chi connectivity index (χ3v) is 3.48. The molecule has 0 saturated heterocycles. The predicted octanol–water partition coefficient (Wildman–Crippen LogP) is 3.17. The average Bonchev–Trinajstić information content (AvgIpc) is 2.49. The Morgan fingerprint density at radius 1 is 1.19 bits per heavy atom. The summed E-state index contributed by atoms with van der Waals surface area (Å²) in [7, 11) is 1.68. The SMILES string of the molecule is CCNCC(OCCCOCCOC)c1cccc(Br)c1. The first-order valence-electron chi connectivity index (χ1n) is 7.42. The molecule has 1 aromatic rings. The van der Waals surface area contributed by atoms with E-state index in [2.05, 4.69) is 40.3 Å². The molecule has 0 bridgehead atoms. The van der Waals surface area contributed by atoms with Crippen LogP contribution in [-0.2, 0) is 14.2 Å². The van der Waals surface area contributed by atoms with Crippen molar-refractivity contribution in [3.63, 3.8) is 0 Å². The lowest BCUT2D eigenvalue weighted by Gasteiger charge is -2.19. The minimum atomic E-state index is 0.0708. The topological polar surface area (TPSA) is 39.7 Å². The molecule has 0 aromatic heterocycles. The van der Waals surface area contributed by atoms with Gasteiger partial charge in [-0.05, 0) is 30.7 Å².